The van der Waals surface area contributed by atoms with E-state index in [-0.39, 0.29) is 40.7 Å². The van der Waals surface area contributed by atoms with Crippen LogP contribution in [0.5, 0.6) is 0 Å². The van der Waals surface area contributed by atoms with Gasteiger partial charge in [-0.1, -0.05) is 54.0 Å². The topological polar surface area (TPSA) is 94.4 Å². The zero-order chi connectivity index (χ0) is 26.7. The molecular weight excluding hydrogens is 468 g/mol. The van der Waals surface area contributed by atoms with Crippen molar-refractivity contribution in [1.82, 2.24) is 10.3 Å². The number of nitrogens with two attached hydrogens (primary N) is 1. The predicted octanol–water partition coefficient (Wildman–Crippen LogP) is 4.97. The number of aromatic amines is 1. The monoisotopic (exact) mass is 516 g/mol. The molecule has 6 nitrogen and oxygen atoms in total. The molecule has 1 aliphatic rings. The van der Waals surface area contributed by atoms with Crippen molar-refractivity contribution < 1.29 is 9.90 Å². The van der Waals surface area contributed by atoms with Gasteiger partial charge < -0.3 is 26.0 Å². The first-order valence-corrected chi connectivity index (χ1v) is 14.6. The lowest BCUT2D eigenvalue weighted by Gasteiger charge is -2.35. The van der Waals surface area contributed by atoms with Crippen molar-refractivity contribution in [2.45, 2.75) is 95.9 Å². The van der Waals surface area contributed by atoms with Crippen LogP contribution in [0, 0.1) is 5.92 Å². The summed E-state index contributed by atoms with van der Waals surface area (Å²) in [6.07, 6.45) is 7.17. The molecule has 0 bridgehead atoms. The summed E-state index contributed by atoms with van der Waals surface area (Å²) in [6.45, 7) is 14.2. The molecule has 1 aromatic carbocycles. The molecule has 3 rings (SSSR count). The first-order valence-electron chi connectivity index (χ1n) is 13.6. The van der Waals surface area contributed by atoms with Gasteiger partial charge in [-0.25, -0.2) is 0 Å². The van der Waals surface area contributed by atoms with Gasteiger partial charge in [0.1, 0.15) is 6.04 Å². The van der Waals surface area contributed by atoms with Crippen molar-refractivity contribution in [2.75, 3.05) is 30.9 Å². The molecule has 36 heavy (non-hydrogen) atoms. The normalized spacial score (nSPS) is 20.7. The molecule has 1 aromatic heterocycles. The number of likely N-dealkylation sites (N-methyl/N-ethyl adjacent to an activating group) is 1. The Labute approximate surface area is 222 Å². The van der Waals surface area contributed by atoms with Crippen LogP contribution in [0.3, 0.4) is 0 Å². The van der Waals surface area contributed by atoms with Crippen LogP contribution in [0.4, 0.5) is 5.69 Å². The van der Waals surface area contributed by atoms with Gasteiger partial charge in [0, 0.05) is 41.4 Å². The molecular formula is C29H48N4O2S. The Morgan fingerprint density at radius 2 is 1.97 bits per heavy atom. The van der Waals surface area contributed by atoms with Crippen molar-refractivity contribution in [3.63, 3.8) is 0 Å². The van der Waals surface area contributed by atoms with Gasteiger partial charge in [0.05, 0.1) is 18.2 Å². The fraction of sp³-hybridized carbons (Fsp3) is 0.690. The number of H-pyrrole nitrogens is 1. The highest BCUT2D eigenvalue weighted by atomic mass is 32.2. The zero-order valence-electron chi connectivity index (χ0n) is 23.4. The first kappa shape index (κ1) is 28.9. The van der Waals surface area contributed by atoms with E-state index in [9.17, 15) is 9.90 Å². The zero-order valence-corrected chi connectivity index (χ0v) is 24.2. The maximum absolute atomic E-state index is 13.2. The summed E-state index contributed by atoms with van der Waals surface area (Å²) in [5, 5.41) is 14.3. The number of aliphatic hydroxyl groups excluding tert-OH is 1. The van der Waals surface area contributed by atoms with E-state index in [0.29, 0.717) is 6.42 Å². The first-order chi connectivity index (χ1) is 17.0. The number of nitrogens with one attached hydrogen (secondary N) is 2. The van der Waals surface area contributed by atoms with E-state index in [1.54, 1.807) is 0 Å². The van der Waals surface area contributed by atoms with Gasteiger partial charge >= 0.3 is 0 Å². The van der Waals surface area contributed by atoms with Crippen molar-refractivity contribution in [3.8, 4) is 0 Å². The van der Waals surface area contributed by atoms with Crippen LogP contribution in [-0.2, 0) is 16.6 Å². The second-order valence-electron chi connectivity index (χ2n) is 11.8. The number of aliphatic hydroxyl groups is 1. The molecule has 2 heterocycles. The Hall–Kier alpha value is -1.70. The van der Waals surface area contributed by atoms with E-state index in [1.165, 1.54) is 16.5 Å². The Morgan fingerprint density at radius 1 is 1.25 bits per heavy atom. The van der Waals surface area contributed by atoms with Gasteiger partial charge in [0.15, 0.2) is 0 Å². The second-order valence-corrected chi connectivity index (χ2v) is 13.6. The lowest BCUT2D eigenvalue weighted by molar-refractivity contribution is -0.124. The van der Waals surface area contributed by atoms with E-state index >= 15 is 0 Å². The average Bonchev–Trinajstić information content (AvgIpc) is 3.25. The summed E-state index contributed by atoms with van der Waals surface area (Å²) in [6, 6.07) is 3.89. The molecule has 0 saturated carbocycles. The van der Waals surface area contributed by atoms with E-state index in [2.05, 4.69) is 75.1 Å². The Bertz CT molecular complexity index is 1030. The lowest BCUT2D eigenvalue weighted by Crippen LogP contribution is -2.52. The Balaban J connectivity index is 2.03. The molecule has 202 valence electrons. The van der Waals surface area contributed by atoms with Crippen molar-refractivity contribution in [2.24, 2.45) is 11.7 Å². The van der Waals surface area contributed by atoms with E-state index in [4.69, 9.17) is 5.73 Å². The number of rotatable bonds is 11. The summed E-state index contributed by atoms with van der Waals surface area (Å²) in [5.74, 6) is 1.11. The van der Waals surface area contributed by atoms with Crippen LogP contribution < -0.4 is 16.0 Å². The summed E-state index contributed by atoms with van der Waals surface area (Å²) < 4.78 is 0.232. The number of benzene rings is 1. The molecule has 0 aliphatic carbocycles. The SMILES string of the molecule is CCC(C)(CCCC(C)(C)SCCN)c1ccc2c3c(c[nH]c13)CC(CO)NC(=O)C(C(C)C)N2C. The number of thioether (sulfide) groups is 1. The molecule has 1 amide bonds. The molecule has 7 heteroatoms. The van der Waals surface area contributed by atoms with Gasteiger partial charge in [-0.3, -0.25) is 4.79 Å². The fourth-order valence-electron chi connectivity index (χ4n) is 5.86. The average molecular weight is 517 g/mol. The third kappa shape index (κ3) is 6.05. The largest absolute Gasteiger partial charge is 0.394 e. The quantitative estimate of drug-likeness (QED) is 0.338. The highest BCUT2D eigenvalue weighted by molar-refractivity contribution is 8.00. The molecule has 0 radical (unpaired) electrons. The number of nitrogens with zero attached hydrogens (tertiary/aromatic N) is 1. The minimum atomic E-state index is -0.306. The van der Waals surface area contributed by atoms with Gasteiger partial charge in [-0.2, -0.15) is 11.8 Å². The molecule has 3 unspecified atom stereocenters. The number of hydrogen-bond acceptors (Lipinski definition) is 5. The minimum absolute atomic E-state index is 0.0218. The number of amides is 1. The van der Waals surface area contributed by atoms with Crippen molar-refractivity contribution in [3.05, 3.63) is 29.5 Å². The predicted molar refractivity (Wildman–Crippen MR) is 155 cm³/mol. The van der Waals surface area contributed by atoms with Gasteiger partial charge in [-0.05, 0) is 54.2 Å². The standard InChI is InChI=1S/C29H48N4O2S/c1-8-29(6,13-9-12-28(4,5)36-15-14-30)22-10-11-23-24-20(17-31-25(22)24)16-21(18-34)32-27(35)26(19(2)3)33(23)7/h10-11,17,19,21,26,31,34H,8-9,12-16,18,30H2,1-7H3,(H,32,35). The Kier molecular flexibility index (Phi) is 9.45. The Morgan fingerprint density at radius 3 is 2.58 bits per heavy atom. The highest BCUT2D eigenvalue weighted by Gasteiger charge is 2.34. The van der Waals surface area contributed by atoms with Crippen LogP contribution in [0.15, 0.2) is 18.3 Å². The van der Waals surface area contributed by atoms with E-state index in [1.807, 2.05) is 18.8 Å². The van der Waals surface area contributed by atoms with Crippen LogP contribution >= 0.6 is 11.8 Å². The number of carbonyl (C=O) groups excluding carboxylic acids is 1. The van der Waals surface area contributed by atoms with Gasteiger partial charge in [0.2, 0.25) is 5.91 Å². The van der Waals surface area contributed by atoms with E-state index in [0.717, 1.165) is 49.2 Å². The number of aromatic nitrogens is 1. The number of hydrogen-bond donors (Lipinski definition) is 4. The molecule has 0 fully saturated rings. The lowest BCUT2D eigenvalue weighted by atomic mass is 9.74. The summed E-state index contributed by atoms with van der Waals surface area (Å²) in [5.41, 5.74) is 10.5. The maximum Gasteiger partial charge on any atom is 0.243 e. The number of anilines is 1. The maximum atomic E-state index is 13.2. The smallest absolute Gasteiger partial charge is 0.243 e. The summed E-state index contributed by atoms with van der Waals surface area (Å²) in [4.78, 5) is 18.9. The van der Waals surface area contributed by atoms with Crippen LogP contribution in [0.2, 0.25) is 0 Å². The third-order valence-electron chi connectivity index (χ3n) is 8.17. The number of carbonyl (C=O) groups is 1. The van der Waals surface area contributed by atoms with E-state index < -0.39 is 0 Å². The van der Waals surface area contributed by atoms with Crippen molar-refractivity contribution >= 4 is 34.3 Å². The molecule has 5 N–H and O–H groups in total. The van der Waals surface area contributed by atoms with Crippen LogP contribution in [0.1, 0.15) is 78.4 Å². The van der Waals surface area contributed by atoms with Crippen LogP contribution in [-0.4, -0.2) is 58.8 Å². The van der Waals surface area contributed by atoms with Gasteiger partial charge in [0.25, 0.3) is 0 Å². The molecule has 1 aliphatic heterocycles. The second kappa shape index (κ2) is 11.8. The third-order valence-corrected chi connectivity index (χ3v) is 9.60. The summed E-state index contributed by atoms with van der Waals surface area (Å²) in [7, 11) is 2.02. The van der Waals surface area contributed by atoms with Crippen molar-refractivity contribution in [1.29, 1.82) is 0 Å². The molecule has 3 atom stereocenters. The minimum Gasteiger partial charge on any atom is -0.394 e. The molecule has 0 spiro atoms. The highest BCUT2D eigenvalue weighted by Crippen LogP contribution is 2.43. The fourth-order valence-corrected chi connectivity index (χ4v) is 6.82. The van der Waals surface area contributed by atoms with Crippen LogP contribution in [0.25, 0.3) is 10.9 Å². The molecule has 2 aromatic rings. The summed E-state index contributed by atoms with van der Waals surface area (Å²) >= 11 is 1.97. The molecule has 0 saturated heterocycles. The van der Waals surface area contributed by atoms with Gasteiger partial charge in [-0.15, -0.1) is 0 Å².